The third-order valence-corrected chi connectivity index (χ3v) is 2.83. The normalized spacial score (nSPS) is 10.7. The van der Waals surface area contributed by atoms with Crippen LogP contribution in [0.1, 0.15) is 0 Å². The first kappa shape index (κ1) is 9.73. The number of halogens is 2. The van der Waals surface area contributed by atoms with Crippen LogP contribution in [0.4, 0.5) is 5.69 Å². The molecule has 2 rings (SSSR count). The lowest BCUT2D eigenvalue weighted by Crippen LogP contribution is -2.05. The zero-order valence-electron chi connectivity index (χ0n) is 6.88. The van der Waals surface area contributed by atoms with Crippen LogP contribution in [0, 0.1) is 0 Å². The van der Waals surface area contributed by atoms with Crippen molar-refractivity contribution in [3.05, 3.63) is 37.6 Å². The zero-order chi connectivity index (χ0) is 10.3. The van der Waals surface area contributed by atoms with Gasteiger partial charge >= 0.3 is 5.63 Å². The van der Waals surface area contributed by atoms with Gasteiger partial charge in [-0.25, -0.2) is 4.79 Å². The van der Waals surface area contributed by atoms with Crippen molar-refractivity contribution in [1.82, 2.24) is 0 Å². The van der Waals surface area contributed by atoms with Crippen LogP contribution in [0.2, 0.25) is 0 Å². The fraction of sp³-hybridized carbons (Fsp3) is 0. The quantitative estimate of drug-likeness (QED) is 0.760. The van der Waals surface area contributed by atoms with Gasteiger partial charge in [0.2, 0.25) is 0 Å². The van der Waals surface area contributed by atoms with E-state index in [0.717, 1.165) is 14.3 Å². The fourth-order valence-electron chi connectivity index (χ4n) is 1.17. The van der Waals surface area contributed by atoms with Gasteiger partial charge in [-0.2, -0.15) is 0 Å². The van der Waals surface area contributed by atoms with Gasteiger partial charge in [-0.3, -0.25) is 0 Å². The van der Waals surface area contributed by atoms with E-state index in [4.69, 9.17) is 10.2 Å². The maximum atomic E-state index is 11.1. The van der Waals surface area contributed by atoms with Crippen molar-refractivity contribution in [3.8, 4) is 0 Å². The predicted molar refractivity (Wildman–Crippen MR) is 62.3 cm³/mol. The van der Waals surface area contributed by atoms with Crippen molar-refractivity contribution in [1.29, 1.82) is 0 Å². The molecule has 5 heteroatoms. The summed E-state index contributed by atoms with van der Waals surface area (Å²) in [6, 6.07) is 5.23. The summed E-state index contributed by atoms with van der Waals surface area (Å²) in [6.45, 7) is 0. The SMILES string of the molecule is Nc1cc2cc(Br)cc(Br)c2oc1=O. The monoisotopic (exact) mass is 317 g/mol. The van der Waals surface area contributed by atoms with Gasteiger partial charge in [-0.15, -0.1) is 0 Å². The van der Waals surface area contributed by atoms with Gasteiger partial charge in [0.15, 0.2) is 5.58 Å². The molecule has 0 bridgehead atoms. The summed E-state index contributed by atoms with van der Waals surface area (Å²) in [4.78, 5) is 11.1. The Balaban J connectivity index is 2.96. The molecular formula is C9H5Br2NO2. The predicted octanol–water partition coefficient (Wildman–Crippen LogP) is 2.90. The highest BCUT2D eigenvalue weighted by Crippen LogP contribution is 2.28. The van der Waals surface area contributed by atoms with Crippen LogP contribution in [0.5, 0.6) is 0 Å². The highest BCUT2D eigenvalue weighted by Gasteiger charge is 2.06. The van der Waals surface area contributed by atoms with Gasteiger partial charge < -0.3 is 10.2 Å². The largest absolute Gasteiger partial charge is 0.420 e. The maximum absolute atomic E-state index is 11.1. The van der Waals surface area contributed by atoms with Gasteiger partial charge in [0, 0.05) is 9.86 Å². The van der Waals surface area contributed by atoms with Crippen LogP contribution < -0.4 is 11.4 Å². The van der Waals surface area contributed by atoms with Crippen molar-refractivity contribution < 1.29 is 4.42 Å². The Morgan fingerprint density at radius 2 is 1.93 bits per heavy atom. The summed E-state index contributed by atoms with van der Waals surface area (Å²) < 4.78 is 6.64. The minimum atomic E-state index is -0.513. The smallest absolute Gasteiger partial charge is 0.359 e. The lowest BCUT2D eigenvalue weighted by molar-refractivity contribution is 0.562. The van der Waals surface area contributed by atoms with Gasteiger partial charge in [-0.05, 0) is 34.1 Å². The zero-order valence-corrected chi connectivity index (χ0v) is 10.1. The standard InChI is InChI=1S/C9H5Br2NO2/c10-5-1-4-2-7(12)9(13)14-8(4)6(11)3-5/h1-3H,12H2. The fourth-order valence-corrected chi connectivity index (χ4v) is 2.51. The van der Waals surface area contributed by atoms with E-state index in [1.807, 2.05) is 12.1 Å². The van der Waals surface area contributed by atoms with E-state index in [9.17, 15) is 4.79 Å². The molecule has 0 radical (unpaired) electrons. The van der Waals surface area contributed by atoms with E-state index < -0.39 is 5.63 Å². The number of benzene rings is 1. The molecule has 0 aliphatic carbocycles. The van der Waals surface area contributed by atoms with E-state index in [1.165, 1.54) is 0 Å². The summed E-state index contributed by atoms with van der Waals surface area (Å²) in [5, 5.41) is 0.781. The van der Waals surface area contributed by atoms with Gasteiger partial charge in [0.05, 0.1) is 4.47 Å². The molecular weight excluding hydrogens is 314 g/mol. The molecule has 0 saturated carbocycles. The molecule has 0 fully saturated rings. The van der Waals surface area contributed by atoms with Crippen molar-refractivity contribution in [2.75, 3.05) is 5.73 Å². The Bertz CT molecular complexity index is 562. The molecule has 2 N–H and O–H groups in total. The lowest BCUT2D eigenvalue weighted by atomic mass is 10.2. The Labute approximate surface area is 96.2 Å². The Hall–Kier alpha value is -0.810. The molecule has 0 aliphatic rings. The van der Waals surface area contributed by atoms with E-state index in [2.05, 4.69) is 31.9 Å². The third-order valence-electron chi connectivity index (χ3n) is 1.78. The number of fused-ring (bicyclic) bond motifs is 1. The average Bonchev–Trinajstić information content (AvgIpc) is 2.08. The summed E-state index contributed by atoms with van der Waals surface area (Å²) >= 11 is 6.64. The van der Waals surface area contributed by atoms with Crippen LogP contribution in [-0.4, -0.2) is 0 Å². The summed E-state index contributed by atoms with van der Waals surface area (Å²) in [5.41, 5.74) is 5.56. The number of hydrogen-bond acceptors (Lipinski definition) is 3. The Kier molecular flexibility index (Phi) is 2.36. The molecule has 1 aromatic heterocycles. The molecule has 0 unspecified atom stereocenters. The number of rotatable bonds is 0. The topological polar surface area (TPSA) is 56.2 Å². The molecule has 2 aromatic rings. The molecule has 14 heavy (non-hydrogen) atoms. The summed E-state index contributed by atoms with van der Waals surface area (Å²) in [6.07, 6.45) is 0. The molecule has 0 saturated heterocycles. The Morgan fingerprint density at radius 1 is 1.21 bits per heavy atom. The average molecular weight is 319 g/mol. The van der Waals surface area contributed by atoms with Gasteiger partial charge in [0.1, 0.15) is 5.69 Å². The molecule has 0 aliphatic heterocycles. The number of nitrogen functional groups attached to an aromatic ring is 1. The van der Waals surface area contributed by atoms with Crippen LogP contribution >= 0.6 is 31.9 Å². The first-order valence-electron chi connectivity index (χ1n) is 3.76. The van der Waals surface area contributed by atoms with Crippen molar-refractivity contribution >= 4 is 48.5 Å². The van der Waals surface area contributed by atoms with E-state index in [1.54, 1.807) is 6.07 Å². The highest BCUT2D eigenvalue weighted by molar-refractivity contribution is 9.11. The minimum absolute atomic E-state index is 0.113. The summed E-state index contributed by atoms with van der Waals surface area (Å²) in [5.74, 6) is 0. The van der Waals surface area contributed by atoms with Crippen LogP contribution in [0.15, 0.2) is 36.4 Å². The van der Waals surface area contributed by atoms with Crippen LogP contribution in [0.25, 0.3) is 11.0 Å². The van der Waals surface area contributed by atoms with Gasteiger partial charge in [-0.1, -0.05) is 15.9 Å². The van der Waals surface area contributed by atoms with Crippen molar-refractivity contribution in [3.63, 3.8) is 0 Å². The first-order valence-corrected chi connectivity index (χ1v) is 5.35. The number of hydrogen-bond donors (Lipinski definition) is 1. The van der Waals surface area contributed by atoms with Crippen molar-refractivity contribution in [2.24, 2.45) is 0 Å². The first-order chi connectivity index (χ1) is 6.58. The van der Waals surface area contributed by atoms with E-state index in [-0.39, 0.29) is 5.69 Å². The molecule has 0 atom stereocenters. The second-order valence-corrected chi connectivity index (χ2v) is 4.57. The number of anilines is 1. The van der Waals surface area contributed by atoms with Gasteiger partial charge in [0.25, 0.3) is 0 Å². The Morgan fingerprint density at radius 3 is 2.64 bits per heavy atom. The minimum Gasteiger partial charge on any atom is -0.420 e. The van der Waals surface area contributed by atoms with Crippen molar-refractivity contribution in [2.45, 2.75) is 0 Å². The molecule has 3 nitrogen and oxygen atoms in total. The molecule has 1 heterocycles. The molecule has 72 valence electrons. The number of nitrogens with two attached hydrogens (primary N) is 1. The second kappa shape index (κ2) is 3.40. The van der Waals surface area contributed by atoms with Crippen LogP contribution in [-0.2, 0) is 0 Å². The molecule has 1 aromatic carbocycles. The molecule has 0 amide bonds. The molecule has 0 spiro atoms. The van der Waals surface area contributed by atoms with E-state index in [0.29, 0.717) is 5.58 Å². The second-order valence-electron chi connectivity index (χ2n) is 2.80. The van der Waals surface area contributed by atoms with Crippen LogP contribution in [0.3, 0.4) is 0 Å². The maximum Gasteiger partial charge on any atom is 0.359 e. The third kappa shape index (κ3) is 1.57. The van der Waals surface area contributed by atoms with E-state index >= 15 is 0 Å². The lowest BCUT2D eigenvalue weighted by Gasteiger charge is -2.01. The summed E-state index contributed by atoms with van der Waals surface area (Å²) in [7, 11) is 0. The highest BCUT2D eigenvalue weighted by atomic mass is 79.9.